The molecule has 11 heavy (non-hydrogen) atoms. The van der Waals surface area contributed by atoms with Crippen molar-refractivity contribution in [1.82, 2.24) is 0 Å². The minimum Gasteiger partial charge on any atom is -0.396 e. The fourth-order valence-electron chi connectivity index (χ4n) is 2.24. The van der Waals surface area contributed by atoms with Crippen molar-refractivity contribution in [3.63, 3.8) is 0 Å². The van der Waals surface area contributed by atoms with Gasteiger partial charge in [-0.3, -0.25) is 0 Å². The highest BCUT2D eigenvalue weighted by atomic mass is 16.3. The largest absolute Gasteiger partial charge is 0.396 e. The molecule has 1 rings (SSSR count). The SMILES string of the molecule is C[C@@H]1C[C@H](CN)C[C@@H](CO)C1. The maximum atomic E-state index is 8.98. The zero-order valence-electron chi connectivity index (χ0n) is 7.29. The predicted octanol–water partition coefficient (Wildman–Crippen LogP) is 0.990. The third-order valence-corrected chi connectivity index (χ3v) is 2.73. The molecule has 0 heterocycles. The van der Waals surface area contributed by atoms with Gasteiger partial charge in [-0.25, -0.2) is 0 Å². The van der Waals surface area contributed by atoms with Crippen LogP contribution in [-0.4, -0.2) is 18.3 Å². The van der Waals surface area contributed by atoms with Crippen LogP contribution in [0.2, 0.25) is 0 Å². The van der Waals surface area contributed by atoms with Crippen molar-refractivity contribution < 1.29 is 5.11 Å². The van der Waals surface area contributed by atoms with E-state index in [9.17, 15) is 0 Å². The van der Waals surface area contributed by atoms with Crippen molar-refractivity contribution in [3.8, 4) is 0 Å². The van der Waals surface area contributed by atoms with E-state index >= 15 is 0 Å². The summed E-state index contributed by atoms with van der Waals surface area (Å²) in [5.41, 5.74) is 5.60. The van der Waals surface area contributed by atoms with Gasteiger partial charge in [-0.05, 0) is 43.6 Å². The standard InChI is InChI=1S/C9H19NO/c1-7-2-8(5-10)4-9(3-7)6-11/h7-9,11H,2-6,10H2,1H3/t7-,8+,9+/m1/s1. The van der Waals surface area contributed by atoms with Gasteiger partial charge in [0.1, 0.15) is 0 Å². The van der Waals surface area contributed by atoms with Crippen LogP contribution in [0.15, 0.2) is 0 Å². The molecule has 1 aliphatic carbocycles. The van der Waals surface area contributed by atoms with Gasteiger partial charge >= 0.3 is 0 Å². The number of aliphatic hydroxyl groups excluding tert-OH is 1. The van der Waals surface area contributed by atoms with Crippen LogP contribution in [0.25, 0.3) is 0 Å². The number of rotatable bonds is 2. The van der Waals surface area contributed by atoms with Gasteiger partial charge in [-0.2, -0.15) is 0 Å². The van der Waals surface area contributed by atoms with Gasteiger partial charge in [0.25, 0.3) is 0 Å². The highest BCUT2D eigenvalue weighted by molar-refractivity contribution is 4.76. The number of nitrogens with two attached hydrogens (primary N) is 1. The molecule has 0 unspecified atom stereocenters. The Morgan fingerprint density at radius 1 is 1.27 bits per heavy atom. The second kappa shape index (κ2) is 4.07. The average Bonchev–Trinajstić information content (AvgIpc) is 2.03. The van der Waals surface area contributed by atoms with Crippen molar-refractivity contribution in [1.29, 1.82) is 0 Å². The summed E-state index contributed by atoms with van der Waals surface area (Å²) in [6.45, 7) is 3.39. The summed E-state index contributed by atoms with van der Waals surface area (Å²) in [7, 11) is 0. The quantitative estimate of drug-likeness (QED) is 0.628. The highest BCUT2D eigenvalue weighted by Crippen LogP contribution is 2.31. The first-order valence-electron chi connectivity index (χ1n) is 4.57. The molecule has 0 aromatic carbocycles. The smallest absolute Gasteiger partial charge is 0.0459 e. The van der Waals surface area contributed by atoms with Crippen LogP contribution in [0.3, 0.4) is 0 Å². The molecule has 1 fully saturated rings. The van der Waals surface area contributed by atoms with E-state index in [0.717, 1.165) is 18.9 Å². The number of aliphatic hydroxyl groups is 1. The molecule has 0 bridgehead atoms. The Kier molecular flexibility index (Phi) is 3.34. The van der Waals surface area contributed by atoms with Gasteiger partial charge in [0.15, 0.2) is 0 Å². The first-order chi connectivity index (χ1) is 5.26. The molecule has 0 aromatic rings. The summed E-state index contributed by atoms with van der Waals surface area (Å²) in [6.07, 6.45) is 3.58. The van der Waals surface area contributed by atoms with Gasteiger partial charge in [-0.15, -0.1) is 0 Å². The van der Waals surface area contributed by atoms with Crippen LogP contribution >= 0.6 is 0 Å². The van der Waals surface area contributed by atoms with Crippen molar-refractivity contribution in [2.75, 3.05) is 13.2 Å². The van der Waals surface area contributed by atoms with E-state index in [1.54, 1.807) is 0 Å². The van der Waals surface area contributed by atoms with E-state index in [4.69, 9.17) is 10.8 Å². The Morgan fingerprint density at radius 2 is 1.91 bits per heavy atom. The fraction of sp³-hybridized carbons (Fsp3) is 1.00. The second-order valence-corrected chi connectivity index (χ2v) is 3.96. The topological polar surface area (TPSA) is 46.2 Å². The first kappa shape index (κ1) is 9.01. The number of hydrogen-bond donors (Lipinski definition) is 2. The van der Waals surface area contributed by atoms with Crippen molar-refractivity contribution >= 4 is 0 Å². The third-order valence-electron chi connectivity index (χ3n) is 2.73. The van der Waals surface area contributed by atoms with Crippen molar-refractivity contribution in [3.05, 3.63) is 0 Å². The normalized spacial score (nSPS) is 39.0. The van der Waals surface area contributed by atoms with Crippen LogP contribution in [0.1, 0.15) is 26.2 Å². The van der Waals surface area contributed by atoms with Crippen LogP contribution < -0.4 is 5.73 Å². The molecular formula is C9H19NO. The summed E-state index contributed by atoms with van der Waals surface area (Å²) in [4.78, 5) is 0. The summed E-state index contributed by atoms with van der Waals surface area (Å²) >= 11 is 0. The summed E-state index contributed by atoms with van der Waals surface area (Å²) in [5.74, 6) is 1.94. The molecule has 0 aromatic heterocycles. The zero-order valence-corrected chi connectivity index (χ0v) is 7.29. The molecule has 3 N–H and O–H groups in total. The molecule has 66 valence electrons. The molecule has 0 aliphatic heterocycles. The van der Waals surface area contributed by atoms with Gasteiger partial charge < -0.3 is 10.8 Å². The fourth-order valence-corrected chi connectivity index (χ4v) is 2.24. The molecule has 1 aliphatic rings. The minimum atomic E-state index is 0.348. The molecular weight excluding hydrogens is 138 g/mol. The Labute approximate surface area is 68.8 Å². The highest BCUT2D eigenvalue weighted by Gasteiger charge is 2.24. The second-order valence-electron chi connectivity index (χ2n) is 3.96. The van der Waals surface area contributed by atoms with E-state index in [-0.39, 0.29) is 0 Å². The van der Waals surface area contributed by atoms with E-state index in [1.165, 1.54) is 12.8 Å². The molecule has 0 spiro atoms. The van der Waals surface area contributed by atoms with E-state index in [1.807, 2.05) is 0 Å². The molecule has 2 heteroatoms. The average molecular weight is 157 g/mol. The van der Waals surface area contributed by atoms with E-state index in [2.05, 4.69) is 6.92 Å². The predicted molar refractivity (Wildman–Crippen MR) is 46.1 cm³/mol. The molecule has 0 radical (unpaired) electrons. The van der Waals surface area contributed by atoms with E-state index in [0.29, 0.717) is 18.4 Å². The molecule has 0 saturated heterocycles. The van der Waals surface area contributed by atoms with Gasteiger partial charge in [0, 0.05) is 6.61 Å². The Morgan fingerprint density at radius 3 is 2.45 bits per heavy atom. The van der Waals surface area contributed by atoms with Gasteiger partial charge in [-0.1, -0.05) is 6.92 Å². The first-order valence-corrected chi connectivity index (χ1v) is 4.57. The van der Waals surface area contributed by atoms with Gasteiger partial charge in [0.2, 0.25) is 0 Å². The lowest BCUT2D eigenvalue weighted by Gasteiger charge is -2.31. The van der Waals surface area contributed by atoms with Gasteiger partial charge in [0.05, 0.1) is 0 Å². The zero-order chi connectivity index (χ0) is 8.27. The lowest BCUT2D eigenvalue weighted by molar-refractivity contribution is 0.134. The lowest BCUT2D eigenvalue weighted by Crippen LogP contribution is -2.28. The Balaban J connectivity index is 2.37. The van der Waals surface area contributed by atoms with E-state index < -0.39 is 0 Å². The summed E-state index contributed by atoms with van der Waals surface area (Å²) in [6, 6.07) is 0. The van der Waals surface area contributed by atoms with Crippen LogP contribution in [-0.2, 0) is 0 Å². The third kappa shape index (κ3) is 2.46. The maximum absolute atomic E-state index is 8.98. The Bertz CT molecular complexity index is 104. The summed E-state index contributed by atoms with van der Waals surface area (Å²) in [5, 5.41) is 8.98. The Hall–Kier alpha value is -0.0800. The maximum Gasteiger partial charge on any atom is 0.0459 e. The minimum absolute atomic E-state index is 0.348. The molecule has 1 saturated carbocycles. The monoisotopic (exact) mass is 157 g/mol. The molecule has 3 atom stereocenters. The number of hydrogen-bond acceptors (Lipinski definition) is 2. The van der Waals surface area contributed by atoms with Crippen molar-refractivity contribution in [2.45, 2.75) is 26.2 Å². The van der Waals surface area contributed by atoms with Crippen LogP contribution in [0, 0.1) is 17.8 Å². The lowest BCUT2D eigenvalue weighted by atomic mass is 9.76. The summed E-state index contributed by atoms with van der Waals surface area (Å²) < 4.78 is 0. The molecule has 2 nitrogen and oxygen atoms in total. The molecule has 0 amide bonds. The van der Waals surface area contributed by atoms with Crippen LogP contribution in [0.5, 0.6) is 0 Å². The van der Waals surface area contributed by atoms with Crippen molar-refractivity contribution in [2.24, 2.45) is 23.5 Å². The van der Waals surface area contributed by atoms with Crippen LogP contribution in [0.4, 0.5) is 0 Å².